The second-order valence-corrected chi connectivity index (χ2v) is 11.9. The summed E-state index contributed by atoms with van der Waals surface area (Å²) in [4.78, 5) is 25.8. The predicted octanol–water partition coefficient (Wildman–Crippen LogP) is 3.07. The van der Waals surface area contributed by atoms with E-state index in [4.69, 9.17) is 4.74 Å². The van der Waals surface area contributed by atoms with E-state index in [9.17, 15) is 24.9 Å². The van der Waals surface area contributed by atoms with Crippen LogP contribution >= 0.6 is 0 Å². The molecule has 0 radical (unpaired) electrons. The predicted molar refractivity (Wildman–Crippen MR) is 166 cm³/mol. The van der Waals surface area contributed by atoms with Crippen LogP contribution in [0.3, 0.4) is 0 Å². The maximum atomic E-state index is 13.2. The summed E-state index contributed by atoms with van der Waals surface area (Å²) in [5.41, 5.74) is -0.242. The summed E-state index contributed by atoms with van der Waals surface area (Å²) in [5.74, 6) is -0.636. The van der Waals surface area contributed by atoms with Gasteiger partial charge in [0.2, 0.25) is 0 Å². The molecule has 232 valence electrons. The number of hydrogen-bond donors (Lipinski definition) is 6. The highest BCUT2D eigenvalue weighted by Crippen LogP contribution is 2.21. The molecular weight excluding hydrogens is 546 g/mol. The van der Waals surface area contributed by atoms with E-state index in [-0.39, 0.29) is 13.1 Å². The van der Waals surface area contributed by atoms with E-state index in [0.29, 0.717) is 18.4 Å². The molecule has 3 aromatic carbocycles. The third kappa shape index (κ3) is 11.1. The van der Waals surface area contributed by atoms with Crippen molar-refractivity contribution in [3.63, 3.8) is 0 Å². The topological polar surface area (TPSA) is 140 Å². The van der Waals surface area contributed by atoms with E-state index in [2.05, 4.69) is 16.0 Å². The maximum Gasteiger partial charge on any atom is 0.407 e. The zero-order valence-electron chi connectivity index (χ0n) is 25.4. The van der Waals surface area contributed by atoms with Crippen molar-refractivity contribution in [2.24, 2.45) is 0 Å². The van der Waals surface area contributed by atoms with Crippen LogP contribution in [0.4, 0.5) is 4.79 Å². The first-order valence-corrected chi connectivity index (χ1v) is 14.6. The Morgan fingerprint density at radius 1 is 0.698 bits per heavy atom. The van der Waals surface area contributed by atoms with Crippen LogP contribution in [0.1, 0.15) is 44.4 Å². The zero-order chi connectivity index (χ0) is 31.5. The van der Waals surface area contributed by atoms with Gasteiger partial charge in [0.25, 0.3) is 5.91 Å². The maximum absolute atomic E-state index is 13.2. The Bertz CT molecular complexity index is 1270. The lowest BCUT2D eigenvalue weighted by molar-refractivity contribution is -0.140. The Labute approximate surface area is 254 Å². The summed E-state index contributed by atoms with van der Waals surface area (Å²) < 4.78 is 5.40. The van der Waals surface area contributed by atoms with Gasteiger partial charge in [-0.05, 0) is 57.2 Å². The average molecular weight is 592 g/mol. The Hall–Kier alpha value is -3.76. The minimum atomic E-state index is -1.81. The van der Waals surface area contributed by atoms with Crippen LogP contribution in [0, 0.1) is 0 Å². The molecule has 0 spiro atoms. The van der Waals surface area contributed by atoms with E-state index in [1.165, 1.54) is 6.92 Å². The third-order valence-corrected chi connectivity index (χ3v) is 7.03. The molecule has 5 atom stereocenters. The Balaban J connectivity index is 1.67. The summed E-state index contributed by atoms with van der Waals surface area (Å²) in [7, 11) is 0. The molecule has 9 heteroatoms. The number of aliphatic hydroxyl groups is 3. The molecular formula is C34H45N3O6. The fraction of sp³-hybridized carbons (Fsp3) is 0.412. The van der Waals surface area contributed by atoms with Gasteiger partial charge in [-0.2, -0.15) is 0 Å². The highest BCUT2D eigenvalue weighted by Gasteiger charge is 2.35. The summed E-state index contributed by atoms with van der Waals surface area (Å²) >= 11 is 0. The molecule has 3 aromatic rings. The molecule has 0 aromatic heterocycles. The lowest BCUT2D eigenvalue weighted by atomic mass is 9.93. The lowest BCUT2D eigenvalue weighted by Crippen LogP contribution is -2.55. The summed E-state index contributed by atoms with van der Waals surface area (Å²) in [6, 6.07) is 26.1. The summed E-state index contributed by atoms with van der Waals surface area (Å²) in [6.45, 7) is 6.81. The first-order valence-electron chi connectivity index (χ1n) is 14.6. The van der Waals surface area contributed by atoms with E-state index < -0.39 is 47.5 Å². The van der Waals surface area contributed by atoms with Crippen molar-refractivity contribution in [2.75, 3.05) is 13.1 Å². The Kier molecular flexibility index (Phi) is 12.3. The minimum absolute atomic E-state index is 0.0345. The number of benzene rings is 3. The fourth-order valence-corrected chi connectivity index (χ4v) is 4.63. The fourth-order valence-electron chi connectivity index (χ4n) is 4.63. The van der Waals surface area contributed by atoms with Crippen LogP contribution in [0.2, 0.25) is 0 Å². The highest BCUT2D eigenvalue weighted by atomic mass is 16.6. The highest BCUT2D eigenvalue weighted by molar-refractivity contribution is 5.86. The van der Waals surface area contributed by atoms with Crippen molar-refractivity contribution in [3.8, 4) is 0 Å². The Morgan fingerprint density at radius 2 is 1.12 bits per heavy atom. The van der Waals surface area contributed by atoms with E-state index >= 15 is 0 Å². The Morgan fingerprint density at radius 3 is 1.56 bits per heavy atom. The largest absolute Gasteiger partial charge is 0.444 e. The van der Waals surface area contributed by atoms with Crippen molar-refractivity contribution in [2.45, 2.75) is 76.0 Å². The molecule has 0 bridgehead atoms. The number of alkyl carbamates (subject to hydrolysis) is 1. The van der Waals surface area contributed by atoms with E-state index in [0.717, 1.165) is 11.1 Å². The first-order chi connectivity index (χ1) is 20.3. The first kappa shape index (κ1) is 33.7. The number of aliphatic hydroxyl groups excluding tert-OH is 2. The molecule has 43 heavy (non-hydrogen) atoms. The van der Waals surface area contributed by atoms with Crippen molar-refractivity contribution in [1.82, 2.24) is 16.0 Å². The molecule has 0 fully saturated rings. The number of amides is 2. The van der Waals surface area contributed by atoms with Gasteiger partial charge in [0, 0.05) is 13.1 Å². The van der Waals surface area contributed by atoms with Crippen molar-refractivity contribution >= 4 is 12.0 Å². The van der Waals surface area contributed by atoms with Crippen LogP contribution < -0.4 is 16.0 Å². The van der Waals surface area contributed by atoms with Gasteiger partial charge in [0.15, 0.2) is 5.60 Å². The zero-order valence-corrected chi connectivity index (χ0v) is 25.4. The smallest absolute Gasteiger partial charge is 0.407 e. The van der Waals surface area contributed by atoms with Gasteiger partial charge in [0.1, 0.15) is 5.60 Å². The molecule has 0 saturated carbocycles. The number of rotatable bonds is 14. The number of hydrogen-bond acceptors (Lipinski definition) is 7. The third-order valence-electron chi connectivity index (χ3n) is 7.03. The van der Waals surface area contributed by atoms with Crippen LogP contribution in [0.15, 0.2) is 91.0 Å². The monoisotopic (exact) mass is 591 g/mol. The number of carbonyl (C=O) groups excluding carboxylic acids is 2. The molecule has 0 heterocycles. The number of ether oxygens (including phenoxy) is 1. The second-order valence-electron chi connectivity index (χ2n) is 11.9. The number of carbonyl (C=O) groups is 2. The van der Waals surface area contributed by atoms with Gasteiger partial charge in [-0.25, -0.2) is 4.79 Å². The molecule has 6 N–H and O–H groups in total. The molecule has 0 aliphatic rings. The normalized spacial score (nSPS) is 15.8. The van der Waals surface area contributed by atoms with Crippen molar-refractivity contribution in [1.29, 1.82) is 0 Å². The van der Waals surface area contributed by atoms with Crippen LogP contribution in [0.25, 0.3) is 0 Å². The van der Waals surface area contributed by atoms with Gasteiger partial charge < -0.3 is 36.0 Å². The molecule has 2 amide bonds. The van der Waals surface area contributed by atoms with Gasteiger partial charge >= 0.3 is 6.09 Å². The molecule has 0 saturated heterocycles. The minimum Gasteiger partial charge on any atom is -0.444 e. The van der Waals surface area contributed by atoms with E-state index in [1.807, 2.05) is 60.7 Å². The van der Waals surface area contributed by atoms with Gasteiger partial charge in [0.05, 0.1) is 24.3 Å². The second kappa shape index (κ2) is 15.6. The molecule has 3 rings (SSSR count). The van der Waals surface area contributed by atoms with Gasteiger partial charge in [-0.1, -0.05) is 91.0 Å². The van der Waals surface area contributed by atoms with Crippen LogP contribution in [-0.4, -0.2) is 70.3 Å². The van der Waals surface area contributed by atoms with Gasteiger partial charge in [-0.3, -0.25) is 4.79 Å². The van der Waals surface area contributed by atoms with E-state index in [1.54, 1.807) is 51.1 Å². The molecule has 1 unspecified atom stereocenters. The quantitative estimate of drug-likeness (QED) is 0.169. The summed E-state index contributed by atoms with van der Waals surface area (Å²) in [5, 5.41) is 42.0. The average Bonchev–Trinajstić information content (AvgIpc) is 2.97. The molecule has 0 aliphatic heterocycles. The number of nitrogens with one attached hydrogen (secondary N) is 3. The van der Waals surface area contributed by atoms with Gasteiger partial charge in [-0.15, -0.1) is 0 Å². The van der Waals surface area contributed by atoms with Crippen molar-refractivity contribution in [3.05, 3.63) is 108 Å². The lowest BCUT2D eigenvalue weighted by Gasteiger charge is -2.30. The summed E-state index contributed by atoms with van der Waals surface area (Å²) in [6.07, 6.45) is -2.02. The van der Waals surface area contributed by atoms with Crippen molar-refractivity contribution < 1.29 is 29.6 Å². The standard InChI is InChI=1S/C34H45N3O6/c1-33(2,3)43-32(41)37-28(21-25-16-10-6-11-17-25)30(39)23-35-22-29(38)27(20-24-14-8-5-9-15-24)36-31(40)34(4,42)26-18-12-7-13-19-26/h5-19,27-30,35,38-39,42H,20-23H2,1-4H3,(H,36,40)(H,37,41)/t27-,28-,29?,30+,34-/m0/s1. The SMILES string of the molecule is CC(C)(C)OC(=O)N[C@@H](Cc1ccccc1)[C@H](O)CNCC(O)[C@H](Cc1ccccc1)NC(=O)[C@@](C)(O)c1ccccc1. The van der Waals surface area contributed by atoms with Crippen LogP contribution in [0.5, 0.6) is 0 Å². The van der Waals surface area contributed by atoms with Crippen LogP contribution in [-0.2, 0) is 28.0 Å². The molecule has 0 aliphatic carbocycles. The molecule has 9 nitrogen and oxygen atoms in total.